The smallest absolute Gasteiger partial charge is 0.415 e. The molecule has 0 atom stereocenters. The van der Waals surface area contributed by atoms with Crippen molar-refractivity contribution in [2.75, 3.05) is 0 Å². The van der Waals surface area contributed by atoms with Crippen LogP contribution in [0.3, 0.4) is 0 Å². The van der Waals surface area contributed by atoms with Gasteiger partial charge in [0.15, 0.2) is 5.69 Å². The Kier molecular flexibility index (Phi) is 3.70. The number of halogens is 3. The summed E-state index contributed by atoms with van der Waals surface area (Å²) in [6.07, 6.45) is -3.82. The van der Waals surface area contributed by atoms with Crippen LogP contribution in [0.25, 0.3) is 0 Å². The van der Waals surface area contributed by atoms with Crippen LogP contribution in [0.2, 0.25) is 0 Å². The van der Waals surface area contributed by atoms with E-state index in [0.29, 0.717) is 11.8 Å². The number of ether oxygens (including phenoxy) is 1. The van der Waals surface area contributed by atoms with Gasteiger partial charge < -0.3 is 14.9 Å². The zero-order valence-electron chi connectivity index (χ0n) is 10.5. The van der Waals surface area contributed by atoms with Crippen molar-refractivity contribution < 1.29 is 22.8 Å². The Labute approximate surface area is 115 Å². The molecule has 0 radical (unpaired) electrons. The van der Waals surface area contributed by atoms with Crippen molar-refractivity contribution in [3.63, 3.8) is 0 Å². The zero-order chi connectivity index (χ0) is 15.6. The summed E-state index contributed by atoms with van der Waals surface area (Å²) in [5, 5.41) is 10.8. The molecule has 0 saturated heterocycles. The summed E-state index contributed by atoms with van der Waals surface area (Å²) in [6, 6.07) is 2.63. The molecule has 0 aromatic carbocycles. The monoisotopic (exact) mass is 300 g/mol. The molecule has 7 nitrogen and oxygen atoms in total. The molecule has 2 aromatic heterocycles. The molecule has 0 spiro atoms. The lowest BCUT2D eigenvalue weighted by Gasteiger charge is -2.07. The molecule has 21 heavy (non-hydrogen) atoms. The fraction of sp³-hybridized carbons (Fsp3) is 0.182. The predicted molar refractivity (Wildman–Crippen MR) is 62.7 cm³/mol. The molecule has 0 aliphatic carbocycles. The van der Waals surface area contributed by atoms with Crippen LogP contribution >= 0.6 is 0 Å². The van der Waals surface area contributed by atoms with E-state index in [9.17, 15) is 23.3 Å². The molecule has 0 aliphatic heterocycles. The van der Waals surface area contributed by atoms with E-state index in [4.69, 9.17) is 4.74 Å². The quantitative estimate of drug-likeness (QED) is 0.639. The van der Waals surface area contributed by atoms with Crippen LogP contribution in [-0.2, 0) is 6.18 Å². The SMILES string of the molecule is Cc1ccc(Oc2nccc(C(F)(F)F)n2)c([N+](=O)[O-])n1. The Morgan fingerprint density at radius 3 is 2.57 bits per heavy atom. The van der Waals surface area contributed by atoms with Crippen LogP contribution in [0.5, 0.6) is 11.8 Å². The highest BCUT2D eigenvalue weighted by Crippen LogP contribution is 2.31. The normalized spacial score (nSPS) is 11.2. The van der Waals surface area contributed by atoms with Gasteiger partial charge in [0, 0.05) is 13.1 Å². The Bertz CT molecular complexity index is 691. The van der Waals surface area contributed by atoms with E-state index >= 15 is 0 Å². The lowest BCUT2D eigenvalue weighted by molar-refractivity contribution is -0.390. The van der Waals surface area contributed by atoms with Crippen LogP contribution in [0.1, 0.15) is 11.4 Å². The molecule has 10 heteroatoms. The highest BCUT2D eigenvalue weighted by molar-refractivity contribution is 5.41. The first-order valence-corrected chi connectivity index (χ1v) is 5.47. The van der Waals surface area contributed by atoms with E-state index in [1.807, 2.05) is 0 Å². The van der Waals surface area contributed by atoms with E-state index in [2.05, 4.69) is 15.0 Å². The third kappa shape index (κ3) is 3.41. The highest BCUT2D eigenvalue weighted by atomic mass is 19.4. The van der Waals surface area contributed by atoms with E-state index in [1.165, 1.54) is 19.1 Å². The summed E-state index contributed by atoms with van der Waals surface area (Å²) in [5.41, 5.74) is -0.853. The molecule has 0 fully saturated rings. The number of pyridine rings is 1. The molecule has 110 valence electrons. The van der Waals surface area contributed by atoms with Gasteiger partial charge in [-0.15, -0.1) is 0 Å². The lowest BCUT2D eigenvalue weighted by Crippen LogP contribution is -2.09. The first kappa shape index (κ1) is 14.6. The number of nitrogens with zero attached hydrogens (tertiary/aromatic N) is 4. The Morgan fingerprint density at radius 2 is 1.95 bits per heavy atom. The van der Waals surface area contributed by atoms with Gasteiger partial charge in [-0.2, -0.15) is 18.2 Å². The third-order valence-electron chi connectivity index (χ3n) is 2.28. The maximum Gasteiger partial charge on any atom is 0.433 e. The van der Waals surface area contributed by atoms with Crippen LogP contribution < -0.4 is 4.74 Å². The number of alkyl halides is 3. The highest BCUT2D eigenvalue weighted by Gasteiger charge is 2.33. The van der Waals surface area contributed by atoms with E-state index in [0.717, 1.165) is 6.20 Å². The van der Waals surface area contributed by atoms with Gasteiger partial charge in [0.2, 0.25) is 5.75 Å². The summed E-state index contributed by atoms with van der Waals surface area (Å²) >= 11 is 0. The minimum absolute atomic E-state index is 0.343. The number of nitro groups is 1. The van der Waals surface area contributed by atoms with Crippen molar-refractivity contribution in [2.45, 2.75) is 13.1 Å². The summed E-state index contributed by atoms with van der Waals surface area (Å²) in [4.78, 5) is 20.3. The summed E-state index contributed by atoms with van der Waals surface area (Å²) in [7, 11) is 0. The largest absolute Gasteiger partial charge is 0.433 e. The summed E-state index contributed by atoms with van der Waals surface area (Å²) in [6.45, 7) is 1.53. The second-order valence-corrected chi connectivity index (χ2v) is 3.86. The Hall–Kier alpha value is -2.78. The first-order chi connectivity index (χ1) is 9.77. The average Bonchev–Trinajstić information content (AvgIpc) is 2.40. The van der Waals surface area contributed by atoms with Crippen molar-refractivity contribution in [3.8, 4) is 11.8 Å². The molecule has 0 aliphatic rings. The van der Waals surface area contributed by atoms with Gasteiger partial charge in [0.05, 0.1) is 0 Å². The van der Waals surface area contributed by atoms with Crippen molar-refractivity contribution in [3.05, 3.63) is 45.9 Å². The van der Waals surface area contributed by atoms with Crippen molar-refractivity contribution in [2.24, 2.45) is 0 Å². The topological polar surface area (TPSA) is 91.0 Å². The minimum Gasteiger partial charge on any atom is -0.415 e. The number of hydrogen-bond donors (Lipinski definition) is 0. The third-order valence-corrected chi connectivity index (χ3v) is 2.28. The van der Waals surface area contributed by atoms with Crippen LogP contribution in [0, 0.1) is 17.0 Å². The number of hydrogen-bond acceptors (Lipinski definition) is 6. The van der Waals surface area contributed by atoms with Gasteiger partial charge >= 0.3 is 18.0 Å². The van der Waals surface area contributed by atoms with E-state index in [-0.39, 0.29) is 5.75 Å². The fourth-order valence-corrected chi connectivity index (χ4v) is 1.39. The number of aryl methyl sites for hydroxylation is 1. The fourth-order valence-electron chi connectivity index (χ4n) is 1.39. The second-order valence-electron chi connectivity index (χ2n) is 3.86. The molecular weight excluding hydrogens is 293 g/mol. The summed E-state index contributed by atoms with van der Waals surface area (Å²) in [5.74, 6) is -0.971. The molecule has 2 aromatic rings. The molecule has 2 heterocycles. The van der Waals surface area contributed by atoms with Gasteiger partial charge in [0.25, 0.3) is 0 Å². The van der Waals surface area contributed by atoms with Crippen LogP contribution in [-0.4, -0.2) is 19.9 Å². The van der Waals surface area contributed by atoms with E-state index < -0.39 is 28.6 Å². The van der Waals surface area contributed by atoms with Crippen LogP contribution in [0.4, 0.5) is 19.0 Å². The van der Waals surface area contributed by atoms with Crippen LogP contribution in [0.15, 0.2) is 24.4 Å². The molecule has 0 bridgehead atoms. The minimum atomic E-state index is -4.67. The van der Waals surface area contributed by atoms with Gasteiger partial charge in [-0.25, -0.2) is 4.98 Å². The maximum absolute atomic E-state index is 12.5. The molecule has 0 amide bonds. The van der Waals surface area contributed by atoms with E-state index in [1.54, 1.807) is 0 Å². The maximum atomic E-state index is 12.5. The van der Waals surface area contributed by atoms with Gasteiger partial charge in [0.1, 0.15) is 5.69 Å². The molecule has 0 saturated carbocycles. The van der Waals surface area contributed by atoms with Crippen molar-refractivity contribution >= 4 is 5.82 Å². The molecule has 0 N–H and O–H groups in total. The molecular formula is C11H7F3N4O3. The number of rotatable bonds is 3. The van der Waals surface area contributed by atoms with Gasteiger partial charge in [-0.1, -0.05) is 0 Å². The lowest BCUT2D eigenvalue weighted by atomic mass is 10.3. The first-order valence-electron chi connectivity index (χ1n) is 5.47. The standard InChI is InChI=1S/C11H7F3N4O3/c1-6-2-3-7(9(16-6)18(19)20)21-10-15-5-4-8(17-10)11(12,13)14/h2-5H,1H3. The average molecular weight is 300 g/mol. The summed E-state index contributed by atoms with van der Waals surface area (Å²) < 4.78 is 42.4. The number of aromatic nitrogens is 3. The zero-order valence-corrected chi connectivity index (χ0v) is 10.5. The molecule has 0 unspecified atom stereocenters. The Morgan fingerprint density at radius 1 is 1.24 bits per heavy atom. The van der Waals surface area contributed by atoms with Gasteiger partial charge in [-0.05, 0) is 28.1 Å². The van der Waals surface area contributed by atoms with Gasteiger partial charge in [-0.3, -0.25) is 0 Å². The molecule has 2 rings (SSSR count). The Balaban J connectivity index is 2.37. The predicted octanol–water partition coefficient (Wildman–Crippen LogP) is 2.90. The second kappa shape index (κ2) is 5.31. The van der Waals surface area contributed by atoms with Crippen molar-refractivity contribution in [1.82, 2.24) is 15.0 Å². The van der Waals surface area contributed by atoms with Crippen molar-refractivity contribution in [1.29, 1.82) is 0 Å².